The maximum absolute atomic E-state index is 12.6. The monoisotopic (exact) mass is 282 g/mol. The molecule has 1 atom stereocenters. The average molecular weight is 282 g/mol. The number of nitrogens with one attached hydrogen (secondary N) is 1. The molecule has 1 saturated carbocycles. The molecule has 0 aromatic carbocycles. The van der Waals surface area contributed by atoms with Crippen LogP contribution in [0.25, 0.3) is 0 Å². The van der Waals surface area contributed by atoms with Crippen LogP contribution in [0, 0.1) is 10.8 Å². The molecule has 2 rings (SSSR count). The highest BCUT2D eigenvalue weighted by atomic mass is 16.5. The number of methoxy groups -OCH3 is 1. The first-order valence-electron chi connectivity index (χ1n) is 7.35. The smallest absolute Gasteiger partial charge is 0.246 e. The van der Waals surface area contributed by atoms with Crippen molar-refractivity contribution in [3.05, 3.63) is 0 Å². The SMILES string of the molecule is COCCC1(CN2CC(=O)NC(C(C)(C)C)C2=O)CC1. The van der Waals surface area contributed by atoms with Gasteiger partial charge in [0.1, 0.15) is 6.04 Å². The Balaban J connectivity index is 2.04. The summed E-state index contributed by atoms with van der Waals surface area (Å²) < 4.78 is 5.15. The average Bonchev–Trinajstić information content (AvgIpc) is 3.10. The first kappa shape index (κ1) is 15.3. The summed E-state index contributed by atoms with van der Waals surface area (Å²) in [4.78, 5) is 26.2. The second-order valence-electron chi connectivity index (χ2n) is 7.30. The topological polar surface area (TPSA) is 58.6 Å². The van der Waals surface area contributed by atoms with Crippen molar-refractivity contribution in [1.29, 1.82) is 0 Å². The quantitative estimate of drug-likeness (QED) is 0.823. The van der Waals surface area contributed by atoms with Crippen molar-refractivity contribution in [3.63, 3.8) is 0 Å². The van der Waals surface area contributed by atoms with Gasteiger partial charge in [0, 0.05) is 20.3 Å². The predicted molar refractivity (Wildman–Crippen MR) is 76.1 cm³/mol. The number of hydrogen-bond acceptors (Lipinski definition) is 3. The van der Waals surface area contributed by atoms with E-state index in [0.717, 1.165) is 25.9 Å². The highest BCUT2D eigenvalue weighted by molar-refractivity contribution is 5.95. The molecule has 2 aliphatic rings. The minimum atomic E-state index is -0.415. The maximum Gasteiger partial charge on any atom is 0.246 e. The third-order valence-electron chi connectivity index (χ3n) is 4.38. The zero-order valence-corrected chi connectivity index (χ0v) is 13.0. The molecule has 2 amide bonds. The third kappa shape index (κ3) is 3.32. The molecule has 1 aliphatic heterocycles. The lowest BCUT2D eigenvalue weighted by atomic mass is 9.84. The van der Waals surface area contributed by atoms with Crippen LogP contribution in [0.1, 0.15) is 40.0 Å². The Kier molecular flexibility index (Phi) is 4.09. The van der Waals surface area contributed by atoms with Gasteiger partial charge in [-0.05, 0) is 30.1 Å². The fraction of sp³-hybridized carbons (Fsp3) is 0.867. The molecule has 2 fully saturated rings. The lowest BCUT2D eigenvalue weighted by Gasteiger charge is -2.40. The molecule has 114 valence electrons. The number of ether oxygens (including phenoxy) is 1. The summed E-state index contributed by atoms with van der Waals surface area (Å²) in [7, 11) is 1.70. The first-order chi connectivity index (χ1) is 9.27. The van der Waals surface area contributed by atoms with Gasteiger partial charge in [0.2, 0.25) is 11.8 Å². The second-order valence-corrected chi connectivity index (χ2v) is 7.30. The second kappa shape index (κ2) is 5.35. The van der Waals surface area contributed by atoms with Gasteiger partial charge in [0.05, 0.1) is 6.54 Å². The highest BCUT2D eigenvalue weighted by Crippen LogP contribution is 2.49. The van der Waals surface area contributed by atoms with Gasteiger partial charge >= 0.3 is 0 Å². The van der Waals surface area contributed by atoms with Gasteiger partial charge in [0.25, 0.3) is 0 Å². The van der Waals surface area contributed by atoms with Crippen molar-refractivity contribution >= 4 is 11.8 Å². The van der Waals surface area contributed by atoms with Crippen LogP contribution in [0.15, 0.2) is 0 Å². The molecule has 1 saturated heterocycles. The molecule has 0 radical (unpaired) electrons. The van der Waals surface area contributed by atoms with E-state index in [1.54, 1.807) is 12.0 Å². The molecule has 1 N–H and O–H groups in total. The van der Waals surface area contributed by atoms with E-state index in [-0.39, 0.29) is 29.2 Å². The third-order valence-corrected chi connectivity index (χ3v) is 4.38. The minimum Gasteiger partial charge on any atom is -0.385 e. The molecule has 0 spiro atoms. The number of carbonyl (C=O) groups excluding carboxylic acids is 2. The molecule has 0 aromatic heterocycles. The first-order valence-corrected chi connectivity index (χ1v) is 7.35. The van der Waals surface area contributed by atoms with Crippen molar-refractivity contribution < 1.29 is 14.3 Å². The molecule has 0 bridgehead atoms. The summed E-state index contributed by atoms with van der Waals surface area (Å²) in [6, 6.07) is -0.415. The molecule has 20 heavy (non-hydrogen) atoms. The Labute approximate surface area is 121 Å². The predicted octanol–water partition coefficient (Wildman–Crippen LogP) is 1.18. The van der Waals surface area contributed by atoms with Gasteiger partial charge in [-0.1, -0.05) is 20.8 Å². The lowest BCUT2D eigenvalue weighted by molar-refractivity contribution is -0.148. The van der Waals surface area contributed by atoms with Crippen molar-refractivity contribution in [3.8, 4) is 0 Å². The number of rotatable bonds is 5. The van der Waals surface area contributed by atoms with Crippen LogP contribution in [0.5, 0.6) is 0 Å². The van der Waals surface area contributed by atoms with Crippen molar-refractivity contribution in [2.24, 2.45) is 10.8 Å². The van der Waals surface area contributed by atoms with Gasteiger partial charge in [-0.3, -0.25) is 9.59 Å². The van der Waals surface area contributed by atoms with Crippen LogP contribution in [0.4, 0.5) is 0 Å². The standard InChI is InChI=1S/C15H26N2O3/c1-14(2,3)12-13(19)17(9-11(18)16-12)10-15(5-6-15)7-8-20-4/h12H,5-10H2,1-4H3,(H,16,18). The van der Waals surface area contributed by atoms with Crippen LogP contribution in [0.2, 0.25) is 0 Å². The molecular weight excluding hydrogens is 256 g/mol. The van der Waals surface area contributed by atoms with Gasteiger partial charge in [0.15, 0.2) is 0 Å². The molecule has 0 aromatic rings. The van der Waals surface area contributed by atoms with Crippen LogP contribution in [-0.2, 0) is 14.3 Å². The van der Waals surface area contributed by atoms with E-state index in [9.17, 15) is 9.59 Å². The number of amides is 2. The minimum absolute atomic E-state index is 0.0490. The molecule has 5 heteroatoms. The van der Waals surface area contributed by atoms with Crippen molar-refractivity contribution in [2.45, 2.75) is 46.1 Å². The zero-order valence-electron chi connectivity index (χ0n) is 13.0. The maximum atomic E-state index is 12.6. The van der Waals surface area contributed by atoms with Gasteiger partial charge < -0.3 is 15.0 Å². The van der Waals surface area contributed by atoms with Crippen molar-refractivity contribution in [1.82, 2.24) is 10.2 Å². The Hall–Kier alpha value is -1.10. The van der Waals surface area contributed by atoms with Crippen LogP contribution >= 0.6 is 0 Å². The van der Waals surface area contributed by atoms with Crippen molar-refractivity contribution in [2.75, 3.05) is 26.8 Å². The Bertz CT molecular complexity index is 396. The van der Waals surface area contributed by atoms with E-state index < -0.39 is 6.04 Å². The summed E-state index contributed by atoms with van der Waals surface area (Å²) in [5.74, 6) is 0.00728. The zero-order chi connectivity index (χ0) is 15.0. The van der Waals surface area contributed by atoms with E-state index in [1.807, 2.05) is 20.8 Å². The fourth-order valence-electron chi connectivity index (χ4n) is 2.81. The Morgan fingerprint density at radius 3 is 2.50 bits per heavy atom. The summed E-state index contributed by atoms with van der Waals surface area (Å²) in [5, 5.41) is 2.83. The highest BCUT2D eigenvalue weighted by Gasteiger charge is 2.47. The molecule has 1 aliphatic carbocycles. The van der Waals surface area contributed by atoms with Gasteiger partial charge in [-0.2, -0.15) is 0 Å². The fourth-order valence-corrected chi connectivity index (χ4v) is 2.81. The summed E-state index contributed by atoms with van der Waals surface area (Å²) in [6.45, 7) is 7.55. The largest absolute Gasteiger partial charge is 0.385 e. The number of piperazine rings is 1. The van der Waals surface area contributed by atoms with E-state index in [2.05, 4.69) is 5.32 Å². The molecular formula is C15H26N2O3. The molecule has 1 heterocycles. The van der Waals surface area contributed by atoms with Gasteiger partial charge in [-0.25, -0.2) is 0 Å². The van der Waals surface area contributed by atoms with Crippen LogP contribution in [-0.4, -0.2) is 49.6 Å². The number of nitrogens with zero attached hydrogens (tertiary/aromatic N) is 1. The van der Waals surface area contributed by atoms with Crippen LogP contribution in [0.3, 0.4) is 0 Å². The van der Waals surface area contributed by atoms with Crippen LogP contribution < -0.4 is 5.32 Å². The van der Waals surface area contributed by atoms with E-state index >= 15 is 0 Å². The number of hydrogen-bond donors (Lipinski definition) is 1. The lowest BCUT2D eigenvalue weighted by Crippen LogP contribution is -2.63. The normalized spacial score (nSPS) is 25.6. The van der Waals surface area contributed by atoms with E-state index in [1.165, 1.54) is 0 Å². The summed E-state index contributed by atoms with van der Waals surface area (Å²) in [6.07, 6.45) is 3.22. The van der Waals surface area contributed by atoms with Gasteiger partial charge in [-0.15, -0.1) is 0 Å². The molecule has 5 nitrogen and oxygen atoms in total. The summed E-state index contributed by atoms with van der Waals surface area (Å²) >= 11 is 0. The Morgan fingerprint density at radius 1 is 1.35 bits per heavy atom. The molecule has 1 unspecified atom stereocenters. The van der Waals surface area contributed by atoms with E-state index in [0.29, 0.717) is 6.54 Å². The Morgan fingerprint density at radius 2 is 2.00 bits per heavy atom. The van der Waals surface area contributed by atoms with E-state index in [4.69, 9.17) is 4.74 Å². The number of carbonyl (C=O) groups is 2. The summed E-state index contributed by atoms with van der Waals surface area (Å²) in [5.41, 5.74) is -0.0691.